The number of Topliss-reactive ketones (excluding diaryl/α,β-unsaturated/α-hetero) is 1. The van der Waals surface area contributed by atoms with Gasteiger partial charge in [0.1, 0.15) is 5.82 Å². The Hall–Kier alpha value is -1.38. The van der Waals surface area contributed by atoms with Gasteiger partial charge >= 0.3 is 0 Å². The Labute approximate surface area is 108 Å². The zero-order valence-corrected chi connectivity index (χ0v) is 11.1. The summed E-state index contributed by atoms with van der Waals surface area (Å²) in [6, 6.07) is 4.96. The number of anilines is 1. The molecular formula is C15H20FNO. The van der Waals surface area contributed by atoms with Crippen molar-refractivity contribution >= 4 is 11.5 Å². The standard InChI is InChI=1S/C15H20FNO/c1-11-6-4-3-5-9-17(11)15-8-7-13(16)10-14(15)12(2)18/h7-8,10-11H,3-6,9H2,1-2H3. The molecule has 0 aromatic heterocycles. The second-order valence-corrected chi connectivity index (χ2v) is 5.11. The molecule has 1 aromatic rings. The normalized spacial score (nSPS) is 20.6. The number of ketones is 1. The summed E-state index contributed by atoms with van der Waals surface area (Å²) in [6.45, 7) is 4.63. The number of carbonyl (C=O) groups excluding carboxylic acids is 1. The Morgan fingerprint density at radius 1 is 1.33 bits per heavy atom. The van der Waals surface area contributed by atoms with Crippen molar-refractivity contribution in [3.63, 3.8) is 0 Å². The van der Waals surface area contributed by atoms with E-state index in [-0.39, 0.29) is 11.6 Å². The molecule has 0 spiro atoms. The number of nitrogens with zero attached hydrogens (tertiary/aromatic N) is 1. The maximum atomic E-state index is 13.3. The van der Waals surface area contributed by atoms with Crippen molar-refractivity contribution in [3.8, 4) is 0 Å². The van der Waals surface area contributed by atoms with Crippen LogP contribution >= 0.6 is 0 Å². The number of rotatable bonds is 2. The van der Waals surface area contributed by atoms with E-state index in [1.165, 1.54) is 31.9 Å². The van der Waals surface area contributed by atoms with Crippen LogP contribution in [0.1, 0.15) is 49.9 Å². The maximum absolute atomic E-state index is 13.3. The predicted molar refractivity (Wildman–Crippen MR) is 71.7 cm³/mol. The quantitative estimate of drug-likeness (QED) is 0.743. The molecule has 0 saturated carbocycles. The molecule has 1 saturated heterocycles. The first kappa shape index (κ1) is 13.1. The summed E-state index contributed by atoms with van der Waals surface area (Å²) in [7, 11) is 0. The van der Waals surface area contributed by atoms with Gasteiger partial charge in [-0.15, -0.1) is 0 Å². The Morgan fingerprint density at radius 3 is 2.83 bits per heavy atom. The van der Waals surface area contributed by atoms with Crippen LogP contribution in [-0.4, -0.2) is 18.4 Å². The lowest BCUT2D eigenvalue weighted by atomic mass is 10.1. The molecule has 0 bridgehead atoms. The molecule has 1 aromatic carbocycles. The van der Waals surface area contributed by atoms with Gasteiger partial charge in [-0.05, 0) is 44.9 Å². The van der Waals surface area contributed by atoms with Gasteiger partial charge in [-0.3, -0.25) is 4.79 Å². The molecule has 18 heavy (non-hydrogen) atoms. The number of hydrogen-bond acceptors (Lipinski definition) is 2. The topological polar surface area (TPSA) is 20.3 Å². The molecule has 0 aliphatic carbocycles. The van der Waals surface area contributed by atoms with E-state index in [1.54, 1.807) is 6.07 Å². The predicted octanol–water partition coefficient (Wildman–Crippen LogP) is 3.80. The summed E-state index contributed by atoms with van der Waals surface area (Å²) in [5.41, 5.74) is 1.39. The highest BCUT2D eigenvalue weighted by atomic mass is 19.1. The van der Waals surface area contributed by atoms with E-state index in [2.05, 4.69) is 11.8 Å². The summed E-state index contributed by atoms with van der Waals surface area (Å²) in [5, 5.41) is 0. The lowest BCUT2D eigenvalue weighted by Crippen LogP contribution is -2.33. The molecule has 0 N–H and O–H groups in total. The SMILES string of the molecule is CC(=O)c1cc(F)ccc1N1CCCCCC1C. The number of halogens is 1. The van der Waals surface area contributed by atoms with Crippen molar-refractivity contribution in [1.29, 1.82) is 0 Å². The summed E-state index contributed by atoms with van der Waals surface area (Å²) >= 11 is 0. The van der Waals surface area contributed by atoms with Crippen LogP contribution in [0.4, 0.5) is 10.1 Å². The molecule has 98 valence electrons. The van der Waals surface area contributed by atoms with E-state index in [0.29, 0.717) is 11.6 Å². The minimum Gasteiger partial charge on any atom is -0.368 e. The highest BCUT2D eigenvalue weighted by molar-refractivity contribution is 5.99. The van der Waals surface area contributed by atoms with Crippen LogP contribution in [0.15, 0.2) is 18.2 Å². The fraction of sp³-hybridized carbons (Fsp3) is 0.533. The van der Waals surface area contributed by atoms with Gasteiger partial charge in [-0.25, -0.2) is 4.39 Å². The first-order chi connectivity index (χ1) is 8.59. The minimum absolute atomic E-state index is 0.0686. The van der Waals surface area contributed by atoms with Crippen LogP contribution in [0.5, 0.6) is 0 Å². The van der Waals surface area contributed by atoms with Crippen molar-refractivity contribution < 1.29 is 9.18 Å². The second kappa shape index (κ2) is 5.51. The summed E-state index contributed by atoms with van der Waals surface area (Å²) in [5.74, 6) is -0.410. The second-order valence-electron chi connectivity index (χ2n) is 5.11. The van der Waals surface area contributed by atoms with Crippen molar-refractivity contribution in [2.24, 2.45) is 0 Å². The summed E-state index contributed by atoms with van der Waals surface area (Å²) in [6.07, 6.45) is 4.74. The van der Waals surface area contributed by atoms with Crippen LogP contribution in [0.2, 0.25) is 0 Å². The molecule has 2 nitrogen and oxygen atoms in total. The largest absolute Gasteiger partial charge is 0.368 e. The van der Waals surface area contributed by atoms with Gasteiger partial charge < -0.3 is 4.90 Å². The van der Waals surface area contributed by atoms with E-state index < -0.39 is 0 Å². The maximum Gasteiger partial charge on any atom is 0.161 e. The Balaban J connectivity index is 2.39. The van der Waals surface area contributed by atoms with E-state index in [0.717, 1.165) is 25.1 Å². The Bertz CT molecular complexity index is 444. The monoisotopic (exact) mass is 249 g/mol. The van der Waals surface area contributed by atoms with E-state index >= 15 is 0 Å². The highest BCUT2D eigenvalue weighted by Crippen LogP contribution is 2.28. The van der Waals surface area contributed by atoms with Crippen molar-refractivity contribution in [2.75, 3.05) is 11.4 Å². The molecule has 1 heterocycles. The van der Waals surface area contributed by atoms with E-state index in [9.17, 15) is 9.18 Å². The molecule has 1 aliphatic rings. The first-order valence-corrected chi connectivity index (χ1v) is 6.66. The van der Waals surface area contributed by atoms with Gasteiger partial charge in [0.25, 0.3) is 0 Å². The Morgan fingerprint density at radius 2 is 2.11 bits per heavy atom. The molecule has 0 radical (unpaired) electrons. The van der Waals surface area contributed by atoms with Gasteiger partial charge in [0.2, 0.25) is 0 Å². The zero-order valence-electron chi connectivity index (χ0n) is 11.1. The van der Waals surface area contributed by atoms with Crippen molar-refractivity contribution in [3.05, 3.63) is 29.6 Å². The molecule has 1 aliphatic heterocycles. The molecular weight excluding hydrogens is 229 g/mol. The molecule has 0 amide bonds. The van der Waals surface area contributed by atoms with Crippen LogP contribution in [-0.2, 0) is 0 Å². The van der Waals surface area contributed by atoms with Gasteiger partial charge in [-0.2, -0.15) is 0 Å². The van der Waals surface area contributed by atoms with Gasteiger partial charge in [-0.1, -0.05) is 12.8 Å². The highest BCUT2D eigenvalue weighted by Gasteiger charge is 2.21. The number of carbonyl (C=O) groups is 1. The fourth-order valence-electron chi connectivity index (χ4n) is 2.67. The molecule has 2 rings (SSSR count). The molecule has 1 fully saturated rings. The van der Waals surface area contributed by atoms with Crippen molar-refractivity contribution in [1.82, 2.24) is 0 Å². The molecule has 1 atom stereocenters. The number of hydrogen-bond donors (Lipinski definition) is 0. The van der Waals surface area contributed by atoms with E-state index in [1.807, 2.05) is 0 Å². The smallest absolute Gasteiger partial charge is 0.161 e. The van der Waals surface area contributed by atoms with Gasteiger partial charge in [0.15, 0.2) is 5.78 Å². The number of benzene rings is 1. The minimum atomic E-state index is -0.341. The zero-order chi connectivity index (χ0) is 13.1. The van der Waals surface area contributed by atoms with E-state index in [4.69, 9.17) is 0 Å². The summed E-state index contributed by atoms with van der Waals surface area (Å²) in [4.78, 5) is 13.9. The van der Waals surface area contributed by atoms with Gasteiger partial charge in [0.05, 0.1) is 0 Å². The Kier molecular flexibility index (Phi) is 4.00. The third kappa shape index (κ3) is 2.71. The lowest BCUT2D eigenvalue weighted by molar-refractivity contribution is 0.101. The third-order valence-electron chi connectivity index (χ3n) is 3.70. The van der Waals surface area contributed by atoms with Crippen LogP contribution < -0.4 is 4.90 Å². The average molecular weight is 249 g/mol. The fourth-order valence-corrected chi connectivity index (χ4v) is 2.67. The first-order valence-electron chi connectivity index (χ1n) is 6.66. The third-order valence-corrected chi connectivity index (χ3v) is 3.70. The van der Waals surface area contributed by atoms with Gasteiger partial charge in [0, 0.05) is 23.8 Å². The van der Waals surface area contributed by atoms with Crippen molar-refractivity contribution in [2.45, 2.75) is 45.6 Å². The summed E-state index contributed by atoms with van der Waals surface area (Å²) < 4.78 is 13.3. The average Bonchev–Trinajstić information content (AvgIpc) is 2.54. The van der Waals surface area contributed by atoms with Crippen LogP contribution in [0, 0.1) is 5.82 Å². The molecule has 1 unspecified atom stereocenters. The molecule has 3 heteroatoms. The van der Waals surface area contributed by atoms with Crippen LogP contribution in [0.3, 0.4) is 0 Å². The lowest BCUT2D eigenvalue weighted by Gasteiger charge is -2.31. The van der Waals surface area contributed by atoms with Crippen LogP contribution in [0.25, 0.3) is 0 Å².